The quantitative estimate of drug-likeness (QED) is 0.792. The summed E-state index contributed by atoms with van der Waals surface area (Å²) in [4.78, 5) is 12.4. The molecule has 0 bridgehead atoms. The van der Waals surface area contributed by atoms with Crippen molar-refractivity contribution in [1.29, 1.82) is 0 Å². The van der Waals surface area contributed by atoms with Gasteiger partial charge in [-0.3, -0.25) is 4.79 Å². The number of carbonyl (C=O) groups is 1. The summed E-state index contributed by atoms with van der Waals surface area (Å²) >= 11 is 0. The molecule has 1 amide bonds. The molecule has 4 heteroatoms. The van der Waals surface area contributed by atoms with Crippen LogP contribution in [0, 0.1) is 0 Å². The molecule has 0 aliphatic carbocycles. The standard InChI is InChI=1S/C19H21NO3/c1-4-12-23-18-7-5-6-16(13-18)19(21)20-14(2)15-8-10-17(22-3)11-9-15/h4-11,13-14H,1,12H2,2-3H3,(H,20,21)/t14-/m1/s1. The zero-order valence-corrected chi connectivity index (χ0v) is 13.4. The van der Waals surface area contributed by atoms with Crippen LogP contribution < -0.4 is 14.8 Å². The Balaban J connectivity index is 2.03. The van der Waals surface area contributed by atoms with Crippen LogP contribution in [0.1, 0.15) is 28.9 Å². The van der Waals surface area contributed by atoms with E-state index in [1.165, 1.54) is 0 Å². The Morgan fingerprint density at radius 3 is 2.61 bits per heavy atom. The summed E-state index contributed by atoms with van der Waals surface area (Å²) in [5, 5.41) is 2.98. The molecule has 0 fully saturated rings. The lowest BCUT2D eigenvalue weighted by molar-refractivity contribution is 0.0939. The second-order valence-corrected chi connectivity index (χ2v) is 5.10. The number of amides is 1. The number of hydrogen-bond donors (Lipinski definition) is 1. The lowest BCUT2D eigenvalue weighted by Gasteiger charge is -2.15. The zero-order chi connectivity index (χ0) is 16.7. The Hall–Kier alpha value is -2.75. The van der Waals surface area contributed by atoms with Gasteiger partial charge in [-0.25, -0.2) is 0 Å². The predicted octanol–water partition coefficient (Wildman–Crippen LogP) is 3.75. The van der Waals surface area contributed by atoms with Crippen LogP contribution >= 0.6 is 0 Å². The van der Waals surface area contributed by atoms with E-state index in [0.29, 0.717) is 17.9 Å². The van der Waals surface area contributed by atoms with Crippen LogP contribution in [0.4, 0.5) is 0 Å². The molecule has 4 nitrogen and oxygen atoms in total. The van der Waals surface area contributed by atoms with Crippen molar-refractivity contribution in [3.05, 3.63) is 72.3 Å². The monoisotopic (exact) mass is 311 g/mol. The van der Waals surface area contributed by atoms with Gasteiger partial charge in [-0.05, 0) is 42.8 Å². The average molecular weight is 311 g/mol. The molecular formula is C19H21NO3. The van der Waals surface area contributed by atoms with Crippen LogP contribution in [0.3, 0.4) is 0 Å². The van der Waals surface area contributed by atoms with Crippen LogP contribution in [-0.2, 0) is 0 Å². The summed E-state index contributed by atoms with van der Waals surface area (Å²) in [5.74, 6) is 1.30. The van der Waals surface area contributed by atoms with Crippen LogP contribution in [0.15, 0.2) is 61.2 Å². The van der Waals surface area contributed by atoms with Crippen LogP contribution in [0.2, 0.25) is 0 Å². The van der Waals surface area contributed by atoms with E-state index < -0.39 is 0 Å². The van der Waals surface area contributed by atoms with Gasteiger partial charge in [-0.2, -0.15) is 0 Å². The lowest BCUT2D eigenvalue weighted by Crippen LogP contribution is -2.26. The number of rotatable bonds is 7. The first-order chi connectivity index (χ1) is 11.1. The molecule has 2 aromatic rings. The van der Waals surface area contributed by atoms with E-state index >= 15 is 0 Å². The van der Waals surface area contributed by atoms with Gasteiger partial charge < -0.3 is 14.8 Å². The molecule has 0 saturated carbocycles. The smallest absolute Gasteiger partial charge is 0.251 e. The first kappa shape index (κ1) is 16.6. The zero-order valence-electron chi connectivity index (χ0n) is 13.4. The van der Waals surface area contributed by atoms with Crippen molar-refractivity contribution >= 4 is 5.91 Å². The van der Waals surface area contributed by atoms with Crippen molar-refractivity contribution < 1.29 is 14.3 Å². The first-order valence-corrected chi connectivity index (χ1v) is 7.42. The largest absolute Gasteiger partial charge is 0.497 e. The minimum atomic E-state index is -0.141. The molecule has 23 heavy (non-hydrogen) atoms. The Morgan fingerprint density at radius 2 is 1.96 bits per heavy atom. The van der Waals surface area contributed by atoms with Crippen molar-refractivity contribution in [1.82, 2.24) is 5.32 Å². The highest BCUT2D eigenvalue weighted by atomic mass is 16.5. The van der Waals surface area contributed by atoms with E-state index in [-0.39, 0.29) is 11.9 Å². The Kier molecular flexibility index (Phi) is 5.80. The maximum Gasteiger partial charge on any atom is 0.251 e. The Labute approximate surface area is 136 Å². The number of methoxy groups -OCH3 is 1. The number of ether oxygens (including phenoxy) is 2. The predicted molar refractivity (Wildman–Crippen MR) is 91.0 cm³/mol. The molecule has 0 unspecified atom stereocenters. The van der Waals surface area contributed by atoms with Gasteiger partial charge in [0.1, 0.15) is 18.1 Å². The lowest BCUT2D eigenvalue weighted by atomic mass is 10.1. The van der Waals surface area contributed by atoms with E-state index in [0.717, 1.165) is 11.3 Å². The third kappa shape index (κ3) is 4.61. The highest BCUT2D eigenvalue weighted by Crippen LogP contribution is 2.19. The van der Waals surface area contributed by atoms with Gasteiger partial charge in [0.25, 0.3) is 5.91 Å². The molecule has 1 atom stereocenters. The third-order valence-corrected chi connectivity index (χ3v) is 3.43. The van der Waals surface area contributed by atoms with Crippen molar-refractivity contribution in [2.45, 2.75) is 13.0 Å². The van der Waals surface area contributed by atoms with Gasteiger partial charge in [0.05, 0.1) is 13.2 Å². The molecule has 0 aromatic heterocycles. The number of hydrogen-bond acceptors (Lipinski definition) is 3. The Bertz CT molecular complexity index is 665. The van der Waals surface area contributed by atoms with Crippen molar-refractivity contribution in [3.63, 3.8) is 0 Å². The van der Waals surface area contributed by atoms with Crippen LogP contribution in [0.5, 0.6) is 11.5 Å². The number of carbonyl (C=O) groups excluding carboxylic acids is 1. The Morgan fingerprint density at radius 1 is 1.22 bits per heavy atom. The maximum absolute atomic E-state index is 12.4. The van der Waals surface area contributed by atoms with Gasteiger partial charge in [-0.15, -0.1) is 0 Å². The van der Waals surface area contributed by atoms with E-state index in [1.54, 1.807) is 31.4 Å². The average Bonchev–Trinajstić information content (AvgIpc) is 2.60. The fourth-order valence-corrected chi connectivity index (χ4v) is 2.14. The van der Waals surface area contributed by atoms with E-state index in [9.17, 15) is 4.79 Å². The molecule has 0 saturated heterocycles. The minimum Gasteiger partial charge on any atom is -0.497 e. The molecular weight excluding hydrogens is 290 g/mol. The van der Waals surface area contributed by atoms with E-state index in [4.69, 9.17) is 9.47 Å². The van der Waals surface area contributed by atoms with E-state index in [1.807, 2.05) is 37.3 Å². The number of benzene rings is 2. The minimum absolute atomic E-state index is 0.105. The SMILES string of the molecule is C=CCOc1cccc(C(=O)N[C@H](C)c2ccc(OC)cc2)c1. The molecule has 0 aliphatic rings. The normalized spacial score (nSPS) is 11.4. The van der Waals surface area contributed by atoms with Gasteiger partial charge in [-0.1, -0.05) is 30.9 Å². The van der Waals surface area contributed by atoms with Crippen LogP contribution in [-0.4, -0.2) is 19.6 Å². The topological polar surface area (TPSA) is 47.6 Å². The summed E-state index contributed by atoms with van der Waals surface area (Å²) in [6, 6.07) is 14.6. The van der Waals surface area contributed by atoms with Gasteiger partial charge in [0.15, 0.2) is 0 Å². The van der Waals surface area contributed by atoms with Crippen molar-refractivity contribution in [3.8, 4) is 11.5 Å². The molecule has 2 rings (SSSR count). The molecule has 0 spiro atoms. The van der Waals surface area contributed by atoms with Crippen molar-refractivity contribution in [2.24, 2.45) is 0 Å². The summed E-state index contributed by atoms with van der Waals surface area (Å²) in [7, 11) is 1.63. The molecule has 120 valence electrons. The summed E-state index contributed by atoms with van der Waals surface area (Å²) < 4.78 is 10.6. The van der Waals surface area contributed by atoms with Gasteiger partial charge >= 0.3 is 0 Å². The molecule has 0 radical (unpaired) electrons. The molecule has 1 N–H and O–H groups in total. The highest BCUT2D eigenvalue weighted by molar-refractivity contribution is 5.94. The van der Waals surface area contributed by atoms with Crippen molar-refractivity contribution in [2.75, 3.05) is 13.7 Å². The summed E-state index contributed by atoms with van der Waals surface area (Å²) in [5.41, 5.74) is 1.57. The highest BCUT2D eigenvalue weighted by Gasteiger charge is 2.12. The second kappa shape index (κ2) is 8.03. The second-order valence-electron chi connectivity index (χ2n) is 5.10. The van der Waals surface area contributed by atoms with Gasteiger partial charge in [0.2, 0.25) is 0 Å². The van der Waals surface area contributed by atoms with Crippen LogP contribution in [0.25, 0.3) is 0 Å². The molecule has 0 heterocycles. The third-order valence-electron chi connectivity index (χ3n) is 3.43. The fraction of sp³-hybridized carbons (Fsp3) is 0.211. The molecule has 0 aliphatic heterocycles. The summed E-state index contributed by atoms with van der Waals surface area (Å²) in [6.07, 6.45) is 1.67. The van der Waals surface area contributed by atoms with Gasteiger partial charge in [0, 0.05) is 5.56 Å². The number of nitrogens with one attached hydrogen (secondary N) is 1. The fourth-order valence-electron chi connectivity index (χ4n) is 2.14. The first-order valence-electron chi connectivity index (χ1n) is 7.42. The molecule has 2 aromatic carbocycles. The summed E-state index contributed by atoms with van der Waals surface area (Å²) in [6.45, 7) is 5.96. The maximum atomic E-state index is 12.4. The van der Waals surface area contributed by atoms with E-state index in [2.05, 4.69) is 11.9 Å².